The van der Waals surface area contributed by atoms with Crippen LogP contribution in [0.5, 0.6) is 0 Å². The van der Waals surface area contributed by atoms with Crippen LogP contribution in [0, 0.1) is 6.92 Å². The summed E-state index contributed by atoms with van der Waals surface area (Å²) < 4.78 is 2.07. The van der Waals surface area contributed by atoms with Crippen LogP contribution in [0.1, 0.15) is 12.7 Å². The topological polar surface area (TPSA) is 72.9 Å². The molecule has 1 heterocycles. The van der Waals surface area contributed by atoms with Crippen molar-refractivity contribution in [3.8, 4) is 0 Å². The van der Waals surface area contributed by atoms with Crippen LogP contribution < -0.4 is 11.1 Å². The Labute approximate surface area is 99.6 Å². The van der Waals surface area contributed by atoms with E-state index >= 15 is 0 Å². The molecule has 1 aromatic heterocycles. The largest absolute Gasteiger partial charge is 0.399 e. The molecule has 0 saturated carbocycles. The van der Waals surface area contributed by atoms with Gasteiger partial charge in [-0.2, -0.15) is 0 Å². The van der Waals surface area contributed by atoms with Crippen LogP contribution >= 0.6 is 0 Å². The van der Waals surface area contributed by atoms with E-state index in [1.807, 2.05) is 25.1 Å². The maximum absolute atomic E-state index is 10.8. The number of aromatic nitrogens is 2. The summed E-state index contributed by atoms with van der Waals surface area (Å²) in [5.74, 6) is 0.910. The highest BCUT2D eigenvalue weighted by atomic mass is 16.1. The summed E-state index contributed by atoms with van der Waals surface area (Å²) in [7, 11) is 0. The van der Waals surface area contributed by atoms with Crippen molar-refractivity contribution >= 4 is 22.6 Å². The lowest BCUT2D eigenvalue weighted by Gasteiger charge is -2.07. The Hall–Kier alpha value is -2.04. The highest BCUT2D eigenvalue weighted by Crippen LogP contribution is 2.18. The number of carbonyl (C=O) groups is 1. The van der Waals surface area contributed by atoms with Gasteiger partial charge in [0.05, 0.1) is 11.0 Å². The Kier molecular flexibility index (Phi) is 2.99. The molecular weight excluding hydrogens is 216 g/mol. The molecule has 0 bridgehead atoms. The van der Waals surface area contributed by atoms with Crippen molar-refractivity contribution in [3.05, 3.63) is 24.0 Å². The quantitative estimate of drug-likeness (QED) is 0.777. The zero-order chi connectivity index (χ0) is 12.4. The molecule has 0 spiro atoms. The summed E-state index contributed by atoms with van der Waals surface area (Å²) in [5.41, 5.74) is 8.37. The Bertz CT molecular complexity index is 559. The Morgan fingerprint density at radius 3 is 3.00 bits per heavy atom. The molecule has 3 N–H and O–H groups in total. The van der Waals surface area contributed by atoms with Gasteiger partial charge in [-0.05, 0) is 25.1 Å². The second-order valence-corrected chi connectivity index (χ2v) is 4.04. The summed E-state index contributed by atoms with van der Waals surface area (Å²) in [6.07, 6.45) is 0. The number of carbonyl (C=O) groups excluding carboxylic acids is 1. The van der Waals surface area contributed by atoms with Crippen molar-refractivity contribution < 1.29 is 4.79 Å². The van der Waals surface area contributed by atoms with Gasteiger partial charge in [0.15, 0.2) is 0 Å². The molecule has 1 amide bonds. The second kappa shape index (κ2) is 4.45. The smallest absolute Gasteiger partial charge is 0.216 e. The van der Waals surface area contributed by atoms with Gasteiger partial charge in [0.1, 0.15) is 5.82 Å². The SMILES string of the molecule is CC(=O)NCCn1c(C)nc2cc(N)ccc21. The normalized spacial score (nSPS) is 10.7. The molecule has 17 heavy (non-hydrogen) atoms. The standard InChI is InChI=1S/C12H16N4O/c1-8-15-11-7-10(13)3-4-12(11)16(8)6-5-14-9(2)17/h3-4,7H,5-6,13H2,1-2H3,(H,14,17). The number of hydrogen-bond donors (Lipinski definition) is 2. The Morgan fingerprint density at radius 1 is 1.53 bits per heavy atom. The minimum absolute atomic E-state index is 0.0173. The van der Waals surface area contributed by atoms with E-state index in [1.54, 1.807) is 0 Å². The van der Waals surface area contributed by atoms with Gasteiger partial charge in [-0.3, -0.25) is 4.79 Å². The van der Waals surface area contributed by atoms with Crippen molar-refractivity contribution in [1.82, 2.24) is 14.9 Å². The Balaban J connectivity index is 2.27. The molecule has 2 rings (SSSR count). The molecule has 5 nitrogen and oxygen atoms in total. The number of aryl methyl sites for hydroxylation is 1. The molecule has 1 aromatic carbocycles. The molecule has 2 aromatic rings. The third kappa shape index (κ3) is 2.38. The van der Waals surface area contributed by atoms with Crippen LogP contribution in [-0.2, 0) is 11.3 Å². The number of benzene rings is 1. The van der Waals surface area contributed by atoms with E-state index in [0.717, 1.165) is 16.9 Å². The van der Waals surface area contributed by atoms with Gasteiger partial charge in [0.25, 0.3) is 0 Å². The summed E-state index contributed by atoms with van der Waals surface area (Å²) in [6, 6.07) is 5.67. The number of nitrogens with two attached hydrogens (primary N) is 1. The summed E-state index contributed by atoms with van der Waals surface area (Å²) in [5, 5.41) is 2.77. The molecule has 0 aliphatic rings. The Morgan fingerprint density at radius 2 is 2.29 bits per heavy atom. The first-order valence-corrected chi connectivity index (χ1v) is 5.55. The lowest BCUT2D eigenvalue weighted by atomic mass is 10.3. The lowest BCUT2D eigenvalue weighted by molar-refractivity contribution is -0.118. The van der Waals surface area contributed by atoms with Gasteiger partial charge in [0, 0.05) is 25.7 Å². The van der Waals surface area contributed by atoms with E-state index in [0.29, 0.717) is 18.8 Å². The van der Waals surface area contributed by atoms with E-state index < -0.39 is 0 Å². The molecule has 0 radical (unpaired) electrons. The average molecular weight is 232 g/mol. The number of hydrogen-bond acceptors (Lipinski definition) is 3. The molecule has 0 unspecified atom stereocenters. The zero-order valence-electron chi connectivity index (χ0n) is 10.0. The second-order valence-electron chi connectivity index (χ2n) is 4.04. The van der Waals surface area contributed by atoms with Crippen molar-refractivity contribution in [2.45, 2.75) is 20.4 Å². The number of nitrogens with one attached hydrogen (secondary N) is 1. The van der Waals surface area contributed by atoms with Crippen LogP contribution in [0.3, 0.4) is 0 Å². The fourth-order valence-electron chi connectivity index (χ4n) is 1.89. The molecule has 90 valence electrons. The van der Waals surface area contributed by atoms with Crippen LogP contribution in [-0.4, -0.2) is 22.0 Å². The molecule has 0 aliphatic heterocycles. The maximum atomic E-state index is 10.8. The minimum atomic E-state index is -0.0173. The predicted octanol–water partition coefficient (Wildman–Crippen LogP) is 1.06. The monoisotopic (exact) mass is 232 g/mol. The van der Waals surface area contributed by atoms with Gasteiger partial charge in [-0.15, -0.1) is 0 Å². The van der Waals surface area contributed by atoms with E-state index in [2.05, 4.69) is 14.9 Å². The maximum Gasteiger partial charge on any atom is 0.216 e. The van der Waals surface area contributed by atoms with Crippen LogP contribution in [0.15, 0.2) is 18.2 Å². The van der Waals surface area contributed by atoms with Crippen LogP contribution in [0.4, 0.5) is 5.69 Å². The summed E-state index contributed by atoms with van der Waals surface area (Å²) in [4.78, 5) is 15.3. The molecule has 0 fully saturated rings. The first-order chi connectivity index (χ1) is 8.08. The highest BCUT2D eigenvalue weighted by Gasteiger charge is 2.07. The van der Waals surface area contributed by atoms with E-state index in [4.69, 9.17) is 5.73 Å². The average Bonchev–Trinajstić information content (AvgIpc) is 2.54. The fourth-order valence-corrected chi connectivity index (χ4v) is 1.89. The number of anilines is 1. The van der Waals surface area contributed by atoms with E-state index in [-0.39, 0.29) is 5.91 Å². The zero-order valence-corrected chi connectivity index (χ0v) is 10.0. The van der Waals surface area contributed by atoms with E-state index in [9.17, 15) is 4.79 Å². The van der Waals surface area contributed by atoms with Crippen molar-refractivity contribution in [2.24, 2.45) is 0 Å². The molecule has 0 aliphatic carbocycles. The first kappa shape index (κ1) is 11.4. The predicted molar refractivity (Wildman–Crippen MR) is 67.6 cm³/mol. The van der Waals surface area contributed by atoms with Crippen molar-refractivity contribution in [3.63, 3.8) is 0 Å². The molecular formula is C12H16N4O. The molecule has 0 atom stereocenters. The highest BCUT2D eigenvalue weighted by molar-refractivity contribution is 5.79. The fraction of sp³-hybridized carbons (Fsp3) is 0.333. The number of rotatable bonds is 3. The van der Waals surface area contributed by atoms with Gasteiger partial charge in [0.2, 0.25) is 5.91 Å². The third-order valence-corrected chi connectivity index (χ3v) is 2.67. The number of nitrogens with zero attached hydrogens (tertiary/aromatic N) is 2. The number of nitrogen functional groups attached to an aromatic ring is 1. The minimum Gasteiger partial charge on any atom is -0.399 e. The van der Waals surface area contributed by atoms with Crippen LogP contribution in [0.25, 0.3) is 11.0 Å². The van der Waals surface area contributed by atoms with Crippen molar-refractivity contribution in [2.75, 3.05) is 12.3 Å². The first-order valence-electron chi connectivity index (χ1n) is 5.55. The number of imidazole rings is 1. The molecule has 5 heteroatoms. The van der Waals surface area contributed by atoms with Gasteiger partial charge >= 0.3 is 0 Å². The summed E-state index contributed by atoms with van der Waals surface area (Å²) in [6.45, 7) is 4.78. The van der Waals surface area contributed by atoms with Crippen LogP contribution in [0.2, 0.25) is 0 Å². The van der Waals surface area contributed by atoms with Crippen molar-refractivity contribution in [1.29, 1.82) is 0 Å². The van der Waals surface area contributed by atoms with Gasteiger partial charge in [-0.25, -0.2) is 4.98 Å². The van der Waals surface area contributed by atoms with Gasteiger partial charge < -0.3 is 15.6 Å². The number of amides is 1. The summed E-state index contributed by atoms with van der Waals surface area (Å²) >= 11 is 0. The van der Waals surface area contributed by atoms with E-state index in [1.165, 1.54) is 6.92 Å². The van der Waals surface area contributed by atoms with Gasteiger partial charge in [-0.1, -0.05) is 0 Å². The third-order valence-electron chi connectivity index (χ3n) is 2.67. The molecule has 0 saturated heterocycles. The lowest BCUT2D eigenvalue weighted by Crippen LogP contribution is -2.24. The number of fused-ring (bicyclic) bond motifs is 1.